The summed E-state index contributed by atoms with van der Waals surface area (Å²) in [6.45, 7) is 0.0245. The predicted molar refractivity (Wildman–Crippen MR) is 70.3 cm³/mol. The van der Waals surface area contributed by atoms with Crippen LogP contribution in [-0.2, 0) is 24.5 Å². The Bertz CT molecular complexity index is 554. The predicted octanol–water partition coefficient (Wildman–Crippen LogP) is -1.93. The lowest BCUT2D eigenvalue weighted by Gasteiger charge is -2.13. The summed E-state index contributed by atoms with van der Waals surface area (Å²) in [6, 6.07) is -0.491. The first kappa shape index (κ1) is 14.7. The van der Waals surface area contributed by atoms with Crippen LogP contribution in [0.4, 0.5) is 0 Å². The number of sulfone groups is 2. The van der Waals surface area contributed by atoms with Crippen LogP contribution in [0.3, 0.4) is 0 Å². The van der Waals surface area contributed by atoms with Crippen molar-refractivity contribution >= 4 is 25.6 Å². The van der Waals surface area contributed by atoms with Crippen molar-refractivity contribution in [2.45, 2.75) is 24.9 Å². The summed E-state index contributed by atoms with van der Waals surface area (Å²) in [5.41, 5.74) is 0. The van der Waals surface area contributed by atoms with Crippen molar-refractivity contribution < 1.29 is 21.6 Å². The maximum absolute atomic E-state index is 11.6. The Kier molecular flexibility index (Phi) is 4.17. The molecule has 0 aromatic carbocycles. The number of carbonyl (C=O) groups is 1. The molecule has 2 heterocycles. The maximum atomic E-state index is 11.6. The van der Waals surface area contributed by atoms with Gasteiger partial charge in [0, 0.05) is 12.1 Å². The number of amides is 1. The summed E-state index contributed by atoms with van der Waals surface area (Å²) in [6.07, 6.45) is 0.972. The minimum Gasteiger partial charge on any atom is -0.351 e. The van der Waals surface area contributed by atoms with Crippen LogP contribution >= 0.6 is 0 Å². The second-order valence-corrected chi connectivity index (χ2v) is 9.61. The number of carbonyl (C=O) groups excluding carboxylic acids is 1. The van der Waals surface area contributed by atoms with Gasteiger partial charge in [-0.1, -0.05) is 0 Å². The molecule has 0 aromatic rings. The Balaban J connectivity index is 1.71. The largest absolute Gasteiger partial charge is 0.351 e. The quantitative estimate of drug-likeness (QED) is 0.626. The van der Waals surface area contributed by atoms with Crippen molar-refractivity contribution in [1.29, 1.82) is 0 Å². The summed E-state index contributed by atoms with van der Waals surface area (Å²) in [5, 5.41) is 5.54. The summed E-state index contributed by atoms with van der Waals surface area (Å²) in [7, 11) is -5.96. The monoisotopic (exact) mass is 310 g/mol. The topological polar surface area (TPSA) is 109 Å². The fourth-order valence-electron chi connectivity index (χ4n) is 2.38. The van der Waals surface area contributed by atoms with E-state index >= 15 is 0 Å². The van der Waals surface area contributed by atoms with Crippen molar-refractivity contribution in [3.05, 3.63) is 0 Å². The third-order valence-electron chi connectivity index (χ3n) is 3.38. The molecule has 2 atom stereocenters. The fraction of sp³-hybridized carbons (Fsp3) is 0.900. The van der Waals surface area contributed by atoms with E-state index < -0.39 is 19.7 Å². The highest BCUT2D eigenvalue weighted by molar-refractivity contribution is 7.91. The molecule has 110 valence electrons. The molecule has 1 amide bonds. The molecule has 19 heavy (non-hydrogen) atoms. The van der Waals surface area contributed by atoms with Crippen LogP contribution in [0.15, 0.2) is 0 Å². The molecule has 2 aliphatic heterocycles. The van der Waals surface area contributed by atoms with Gasteiger partial charge in [0.2, 0.25) is 5.91 Å². The molecule has 0 bridgehead atoms. The zero-order valence-electron chi connectivity index (χ0n) is 10.5. The number of hydrogen-bond acceptors (Lipinski definition) is 6. The minimum atomic E-state index is -3.00. The molecule has 2 aliphatic rings. The molecule has 2 saturated heterocycles. The van der Waals surface area contributed by atoms with Gasteiger partial charge in [-0.05, 0) is 12.8 Å². The molecular formula is C10H18N2O5S2. The highest BCUT2D eigenvalue weighted by atomic mass is 32.2. The lowest BCUT2D eigenvalue weighted by molar-refractivity contribution is -0.120. The number of rotatable bonds is 4. The first-order chi connectivity index (χ1) is 8.76. The first-order valence-corrected chi connectivity index (χ1v) is 9.84. The third kappa shape index (κ3) is 4.43. The highest BCUT2D eigenvalue weighted by Crippen LogP contribution is 2.12. The van der Waals surface area contributed by atoms with E-state index in [1.54, 1.807) is 0 Å². The van der Waals surface area contributed by atoms with Crippen LogP contribution < -0.4 is 10.6 Å². The Hall–Kier alpha value is -0.670. The Labute approximate surface area is 113 Å². The third-order valence-corrected chi connectivity index (χ3v) is 6.92. The summed E-state index contributed by atoms with van der Waals surface area (Å²) in [5.74, 6) is 0.0556. The van der Waals surface area contributed by atoms with E-state index in [9.17, 15) is 21.6 Å². The second-order valence-electron chi connectivity index (χ2n) is 5.15. The van der Waals surface area contributed by atoms with Crippen LogP contribution in [0.25, 0.3) is 0 Å². The van der Waals surface area contributed by atoms with Crippen LogP contribution in [-0.4, -0.2) is 64.4 Å². The molecule has 2 N–H and O–H groups in total. The van der Waals surface area contributed by atoms with Crippen LogP contribution in [0.5, 0.6) is 0 Å². The lowest BCUT2D eigenvalue weighted by Crippen LogP contribution is -2.44. The number of hydrogen-bond donors (Lipinski definition) is 2. The van der Waals surface area contributed by atoms with Crippen molar-refractivity contribution in [3.63, 3.8) is 0 Å². The van der Waals surface area contributed by atoms with E-state index in [4.69, 9.17) is 0 Å². The Morgan fingerprint density at radius 2 is 1.47 bits per heavy atom. The Morgan fingerprint density at radius 3 is 1.95 bits per heavy atom. The standard InChI is InChI=1S/C10H18N2O5S2/c13-10(12-9-2-4-19(16,17)7-9)5-11-8-1-3-18(14,15)6-8/h8-9,11H,1-7H2,(H,12,13)/t8-,9+/m1/s1. The average molecular weight is 310 g/mol. The molecule has 7 nitrogen and oxygen atoms in total. The minimum absolute atomic E-state index is 0.00342. The molecule has 0 saturated carbocycles. The Morgan fingerprint density at radius 1 is 0.947 bits per heavy atom. The molecule has 9 heteroatoms. The average Bonchev–Trinajstić information content (AvgIpc) is 2.78. The van der Waals surface area contributed by atoms with Gasteiger partial charge < -0.3 is 10.6 Å². The molecule has 2 rings (SSSR count). The molecule has 2 fully saturated rings. The molecule has 0 aliphatic carbocycles. The molecule has 0 unspecified atom stereocenters. The zero-order valence-corrected chi connectivity index (χ0v) is 12.1. The molecule has 0 spiro atoms. The van der Waals surface area contributed by atoms with Gasteiger partial charge in [0.25, 0.3) is 0 Å². The van der Waals surface area contributed by atoms with Crippen LogP contribution in [0, 0.1) is 0 Å². The molecule has 0 aromatic heterocycles. The zero-order chi connectivity index (χ0) is 14.1. The molecule has 0 radical (unpaired) electrons. The van der Waals surface area contributed by atoms with E-state index in [0.29, 0.717) is 12.8 Å². The van der Waals surface area contributed by atoms with Gasteiger partial charge in [0.15, 0.2) is 19.7 Å². The SMILES string of the molecule is O=C(CN[C@@H]1CCS(=O)(=O)C1)N[C@H]1CCS(=O)(=O)C1. The fourth-order valence-corrected chi connectivity index (χ4v) is 5.76. The first-order valence-electron chi connectivity index (χ1n) is 6.19. The van der Waals surface area contributed by atoms with E-state index in [2.05, 4.69) is 10.6 Å². The smallest absolute Gasteiger partial charge is 0.234 e. The highest BCUT2D eigenvalue weighted by Gasteiger charge is 2.30. The summed E-state index contributed by atoms with van der Waals surface area (Å²) >= 11 is 0. The van der Waals surface area contributed by atoms with E-state index in [1.165, 1.54) is 0 Å². The van der Waals surface area contributed by atoms with Crippen molar-refractivity contribution in [2.75, 3.05) is 29.6 Å². The summed E-state index contributed by atoms with van der Waals surface area (Å²) < 4.78 is 44.9. The van der Waals surface area contributed by atoms with Gasteiger partial charge in [0.05, 0.1) is 29.6 Å². The van der Waals surface area contributed by atoms with E-state index in [1.807, 2.05) is 0 Å². The van der Waals surface area contributed by atoms with Gasteiger partial charge in [-0.2, -0.15) is 0 Å². The van der Waals surface area contributed by atoms with Gasteiger partial charge >= 0.3 is 0 Å². The number of nitrogens with one attached hydrogen (secondary N) is 2. The maximum Gasteiger partial charge on any atom is 0.234 e. The van der Waals surface area contributed by atoms with Crippen LogP contribution in [0.1, 0.15) is 12.8 Å². The van der Waals surface area contributed by atoms with E-state index in [-0.39, 0.29) is 47.5 Å². The molecular weight excluding hydrogens is 292 g/mol. The lowest BCUT2D eigenvalue weighted by atomic mass is 10.2. The van der Waals surface area contributed by atoms with Crippen molar-refractivity contribution in [1.82, 2.24) is 10.6 Å². The summed E-state index contributed by atoms with van der Waals surface area (Å²) in [4.78, 5) is 11.6. The van der Waals surface area contributed by atoms with Crippen molar-refractivity contribution in [3.8, 4) is 0 Å². The van der Waals surface area contributed by atoms with Crippen molar-refractivity contribution in [2.24, 2.45) is 0 Å². The van der Waals surface area contributed by atoms with Gasteiger partial charge in [0.1, 0.15) is 0 Å². The van der Waals surface area contributed by atoms with Gasteiger partial charge in [-0.15, -0.1) is 0 Å². The normalized spacial score (nSPS) is 32.2. The van der Waals surface area contributed by atoms with Gasteiger partial charge in [-0.3, -0.25) is 4.79 Å². The van der Waals surface area contributed by atoms with Crippen LogP contribution in [0.2, 0.25) is 0 Å². The van der Waals surface area contributed by atoms with E-state index in [0.717, 1.165) is 0 Å². The van der Waals surface area contributed by atoms with Gasteiger partial charge in [-0.25, -0.2) is 16.8 Å². The second kappa shape index (κ2) is 5.37.